The predicted molar refractivity (Wildman–Crippen MR) is 458 cm³/mol. The number of phosphoric ester groups is 1. The van der Waals surface area contributed by atoms with Gasteiger partial charge in [-0.25, -0.2) is 24.0 Å². The lowest BCUT2D eigenvalue weighted by atomic mass is 9.79. The van der Waals surface area contributed by atoms with E-state index in [-0.39, 0.29) is 107 Å². The highest BCUT2D eigenvalue weighted by molar-refractivity contribution is 7.49. The van der Waals surface area contributed by atoms with Gasteiger partial charge >= 0.3 is 13.5 Å². The molecule has 0 bridgehead atoms. The number of halogens is 2. The van der Waals surface area contributed by atoms with E-state index >= 15 is 4.57 Å². The summed E-state index contributed by atoms with van der Waals surface area (Å²) in [7, 11) is -4.18. The second-order valence-electron chi connectivity index (χ2n) is 30.8. The van der Waals surface area contributed by atoms with Crippen LogP contribution in [0.5, 0.6) is 17.2 Å². The van der Waals surface area contributed by atoms with Gasteiger partial charge in [-0.2, -0.15) is 20.2 Å². The Morgan fingerprint density at radius 2 is 1.19 bits per heavy atom. The van der Waals surface area contributed by atoms with Crippen LogP contribution in [-0.4, -0.2) is 142 Å². The van der Waals surface area contributed by atoms with Crippen molar-refractivity contribution in [1.29, 1.82) is 5.26 Å². The van der Waals surface area contributed by atoms with Crippen LogP contribution in [0.1, 0.15) is 156 Å². The lowest BCUT2D eigenvalue weighted by molar-refractivity contribution is -0.119. The summed E-state index contributed by atoms with van der Waals surface area (Å²) in [6.07, 6.45) is -5.67. The Labute approximate surface area is 718 Å². The Balaban J connectivity index is 0.906. The van der Waals surface area contributed by atoms with E-state index in [1.54, 1.807) is 103 Å². The number of carbonyl (C=O) groups excluding carboxylic acids is 3. The number of nitrogens with zero attached hydrogens (tertiary/aromatic N) is 10. The van der Waals surface area contributed by atoms with Crippen LogP contribution in [0.25, 0.3) is 22.3 Å². The summed E-state index contributed by atoms with van der Waals surface area (Å²) in [5.74, 6) is -2.55. The highest BCUT2D eigenvalue weighted by Crippen LogP contribution is 2.59. The molecule has 37 heteroatoms. The first-order valence-corrected chi connectivity index (χ1v) is 43.4. The third-order valence-electron chi connectivity index (χ3n) is 21.3. The van der Waals surface area contributed by atoms with Gasteiger partial charge in [0.2, 0.25) is 23.7 Å². The molecule has 5 aromatic heterocycles. The summed E-state index contributed by atoms with van der Waals surface area (Å²) in [5, 5.41) is 18.1. The molecule has 14 rings (SSSR count). The largest absolute Gasteiger partial charge is 0.530 e. The number of phosphoric acid groups is 1. The maximum atomic E-state index is 17.0. The molecule has 3 amide bonds. The zero-order valence-electron chi connectivity index (χ0n) is 69.1. The highest BCUT2D eigenvalue weighted by Gasteiger charge is 2.51. The molecule has 3 aliphatic rings. The average molecular weight is 1760 g/mol. The molecule has 2 unspecified atom stereocenters. The number of nitriles is 1. The number of H-pyrrole nitrogens is 2. The van der Waals surface area contributed by atoms with Gasteiger partial charge in [-0.1, -0.05) is 142 Å². The van der Waals surface area contributed by atoms with Crippen molar-refractivity contribution >= 4 is 97.3 Å². The molecule has 123 heavy (non-hydrogen) atoms. The molecule has 0 spiro atoms. The molecule has 3 fully saturated rings. The standard InChI is InChI=1S/C86H93Cl2N15O18P2/c1-48(2)78(104)96-83-94-76-73(81(107)98-83)90-46-101(76)70-42-64(119-122(114-40-20-38-89)103(50(5)6)51(7)8)67(117-70)45-115-123(110,120-63-26-19-18-25-62(63)88)121-65-43-71(102-47-91-74-77(102)95-84(99-82(74)108)97-79(105)49(3)4)118-75(65)72-52(9)61(87)36-35-59(72)60-41-69(100-39-37-68(93-85(100)109)92-80(106)53-21-14-12-15-22-53)116-66(60)44-113-86(54-23-16-13-17-24-54,55-27-31-57(111-10)32-28-55)56-29-33-58(112-11)34-30-56/h12-19,21-37,39,46-51,60,64-67,69-71,75H,20,40-45H2,1-11H3,(H,92,93,106,109)(H2,94,96,98,104,107)(H2,95,97,99,105,108)/t60-,64-,65-,66-,67+,69+,70+,71+,75-,122?,123?/m0/s1. The van der Waals surface area contributed by atoms with Crippen LogP contribution >= 0.6 is 39.6 Å². The highest BCUT2D eigenvalue weighted by atomic mass is 35.5. The van der Waals surface area contributed by atoms with Crippen LogP contribution in [0.4, 0.5) is 17.7 Å². The van der Waals surface area contributed by atoms with E-state index in [0.29, 0.717) is 44.9 Å². The van der Waals surface area contributed by atoms with E-state index in [1.807, 2.05) is 111 Å². The Hall–Kier alpha value is -10.9. The Morgan fingerprint density at radius 3 is 1.75 bits per heavy atom. The van der Waals surface area contributed by atoms with E-state index in [4.69, 9.17) is 79.2 Å². The second-order valence-corrected chi connectivity index (χ2v) is 34.5. The van der Waals surface area contributed by atoms with Crippen molar-refractivity contribution in [1.82, 2.24) is 53.3 Å². The van der Waals surface area contributed by atoms with Crippen LogP contribution in [0.3, 0.4) is 0 Å². The molecule has 8 heterocycles. The van der Waals surface area contributed by atoms with Gasteiger partial charge < -0.3 is 47.3 Å². The molecule has 0 radical (unpaired) electrons. The van der Waals surface area contributed by atoms with Crippen molar-refractivity contribution in [2.75, 3.05) is 50.0 Å². The molecule has 11 aromatic rings. The maximum absolute atomic E-state index is 17.0. The number of methoxy groups -OCH3 is 2. The first-order valence-electron chi connectivity index (χ1n) is 40.0. The van der Waals surface area contributed by atoms with Gasteiger partial charge in [0, 0.05) is 65.9 Å². The number of amides is 3. The molecule has 11 atom stereocenters. The van der Waals surface area contributed by atoms with Gasteiger partial charge in [0.15, 0.2) is 22.3 Å². The minimum Gasteiger partial charge on any atom is -0.497 e. The minimum absolute atomic E-state index is 0.00354. The summed E-state index contributed by atoms with van der Waals surface area (Å²) in [6.45, 7) is 15.5. The Bertz CT molecular complexity index is 5860. The molecular formula is C86H93Cl2N15O18P2. The second kappa shape index (κ2) is 38.5. The zero-order valence-corrected chi connectivity index (χ0v) is 72.4. The van der Waals surface area contributed by atoms with Gasteiger partial charge in [0.1, 0.15) is 65.7 Å². The van der Waals surface area contributed by atoms with Crippen molar-refractivity contribution in [3.63, 3.8) is 0 Å². The number of anilines is 3. The number of aromatic nitrogens is 10. The predicted octanol–water partition coefficient (Wildman–Crippen LogP) is 15.2. The van der Waals surface area contributed by atoms with Crippen LogP contribution in [0, 0.1) is 30.1 Å². The molecule has 3 saturated heterocycles. The molecule has 6 aromatic carbocycles. The smallest absolute Gasteiger partial charge is 0.497 e. The number of carbonyl (C=O) groups is 3. The molecule has 33 nitrogen and oxygen atoms in total. The Morgan fingerprint density at radius 1 is 0.642 bits per heavy atom. The molecule has 0 saturated carbocycles. The molecule has 5 N–H and O–H groups in total. The van der Waals surface area contributed by atoms with E-state index in [2.05, 4.69) is 51.9 Å². The number of rotatable bonds is 34. The first-order chi connectivity index (χ1) is 59.1. The molecule has 3 aliphatic heterocycles. The minimum atomic E-state index is -5.30. The monoisotopic (exact) mass is 1760 g/mol. The van der Waals surface area contributed by atoms with E-state index in [9.17, 15) is 34.0 Å². The van der Waals surface area contributed by atoms with E-state index in [0.717, 1.165) is 5.56 Å². The Kier molecular flexibility index (Phi) is 27.6. The summed E-state index contributed by atoms with van der Waals surface area (Å²) in [6, 6.07) is 46.2. The van der Waals surface area contributed by atoms with Gasteiger partial charge in [0.25, 0.3) is 25.6 Å². The number of ether oxygens (including phenoxy) is 6. The number of imidazole rings is 2. The van der Waals surface area contributed by atoms with E-state index < -0.39 is 130 Å². The topological polar surface area (TPSA) is 395 Å². The zero-order chi connectivity index (χ0) is 87.1. The van der Waals surface area contributed by atoms with E-state index in [1.165, 1.54) is 50.8 Å². The van der Waals surface area contributed by atoms with Crippen LogP contribution in [0.15, 0.2) is 185 Å². The maximum Gasteiger partial charge on any atom is 0.530 e. The summed E-state index contributed by atoms with van der Waals surface area (Å²) >= 11 is 14.4. The number of fused-ring (bicyclic) bond motifs is 2. The fourth-order valence-corrected chi connectivity index (χ4v) is 18.8. The van der Waals surface area contributed by atoms with Gasteiger partial charge in [-0.05, 0) is 129 Å². The number of para-hydroxylation sites is 1. The van der Waals surface area contributed by atoms with Gasteiger partial charge in [0.05, 0.1) is 76.4 Å². The third kappa shape index (κ3) is 19.4. The number of aromatic amines is 2. The van der Waals surface area contributed by atoms with Crippen molar-refractivity contribution in [2.45, 2.75) is 161 Å². The fourth-order valence-electron chi connectivity index (χ4n) is 15.2. The number of nitrogens with one attached hydrogen (secondary N) is 5. The quantitative estimate of drug-likeness (QED) is 0.0142. The van der Waals surface area contributed by atoms with Gasteiger partial charge in [-0.3, -0.25) is 67.3 Å². The van der Waals surface area contributed by atoms with Crippen LogP contribution in [0.2, 0.25) is 10.0 Å². The summed E-state index contributed by atoms with van der Waals surface area (Å²) in [4.78, 5) is 110. The molecule has 0 aliphatic carbocycles. The summed E-state index contributed by atoms with van der Waals surface area (Å²) < 4.78 is 98.1. The number of hydrogen-bond donors (Lipinski definition) is 5. The molecular weight excluding hydrogens is 1660 g/mol. The lowest BCUT2D eigenvalue weighted by Gasteiger charge is -2.37. The van der Waals surface area contributed by atoms with Crippen LogP contribution in [-0.2, 0) is 56.8 Å². The SMILES string of the molecule is COc1ccc(C(OC[C@@H]2O[C@@H](n3ccc(NC(=O)c4ccccc4)nc3=O)C[C@H]2c2ccc(Cl)c(C)c2[C@H]2O[C@@H](n3cnc4c(=O)[nH]c(NC(=O)C(C)C)nc43)C[C@@H]2OP(=O)(OC[C@H]2O[C@@H](n3cnc4c(=O)[nH]c(NC(=O)C(C)C)nc43)C[C@@H]2OP(OCCC#N)N(C(C)C)C(C)C)Oc2ccccc2Cl)(c2ccccc2)c2ccc(OC)cc2)cc1. The average Bonchev–Trinajstić information content (AvgIpc) is 1.73. The van der Waals surface area contributed by atoms with Crippen molar-refractivity contribution < 1.29 is 70.0 Å². The number of hydrogen-bond acceptors (Lipinski definition) is 25. The van der Waals surface area contributed by atoms with Crippen molar-refractivity contribution in [3.05, 3.63) is 251 Å². The van der Waals surface area contributed by atoms with Crippen LogP contribution < -0.4 is 46.8 Å². The van der Waals surface area contributed by atoms with Crippen molar-refractivity contribution in [2.24, 2.45) is 11.8 Å². The molecule has 644 valence electrons. The van der Waals surface area contributed by atoms with Gasteiger partial charge in [-0.15, -0.1) is 0 Å². The third-order valence-corrected chi connectivity index (χ3v) is 25.6. The first kappa shape index (κ1) is 88.4. The summed E-state index contributed by atoms with van der Waals surface area (Å²) in [5.41, 5.74) is -0.0215. The lowest BCUT2D eigenvalue weighted by Crippen LogP contribution is -2.37. The number of benzene rings is 6. The fraction of sp³-hybridized carbons (Fsp3) is 0.372. The van der Waals surface area contributed by atoms with Crippen molar-refractivity contribution in [3.8, 4) is 23.3 Å². The normalized spacial score (nSPS) is 19.9.